The van der Waals surface area contributed by atoms with Crippen molar-refractivity contribution in [2.45, 2.75) is 38.2 Å². The highest BCUT2D eigenvalue weighted by Crippen LogP contribution is 2.37. The predicted molar refractivity (Wildman–Crippen MR) is 78.2 cm³/mol. The third-order valence-corrected chi connectivity index (χ3v) is 4.27. The van der Waals surface area contributed by atoms with Gasteiger partial charge in [0.1, 0.15) is 11.9 Å². The van der Waals surface area contributed by atoms with E-state index in [1.54, 1.807) is 12.1 Å². The molecule has 1 aliphatic rings. The number of benzene rings is 2. The molecule has 1 unspecified atom stereocenters. The molecule has 2 aromatic rings. The molecule has 1 N–H and O–H groups in total. The van der Waals surface area contributed by atoms with Crippen LogP contribution in [0, 0.1) is 12.7 Å². The molecule has 1 saturated carbocycles. The summed E-state index contributed by atoms with van der Waals surface area (Å²) in [4.78, 5) is 0. The molecule has 0 bridgehead atoms. The Morgan fingerprint density at radius 2 is 1.80 bits per heavy atom. The highest BCUT2D eigenvalue weighted by Gasteiger charge is 2.20. The minimum atomic E-state index is -0.898. The van der Waals surface area contributed by atoms with Crippen LogP contribution in [0.2, 0.25) is 0 Å². The van der Waals surface area contributed by atoms with Gasteiger partial charge in [0, 0.05) is 5.56 Å². The second-order valence-corrected chi connectivity index (χ2v) is 5.72. The van der Waals surface area contributed by atoms with Gasteiger partial charge in [0.05, 0.1) is 0 Å². The van der Waals surface area contributed by atoms with E-state index in [9.17, 15) is 9.50 Å². The molecule has 1 atom stereocenters. The zero-order valence-electron chi connectivity index (χ0n) is 11.6. The second-order valence-electron chi connectivity index (χ2n) is 5.72. The third kappa shape index (κ3) is 2.48. The van der Waals surface area contributed by atoms with Crippen LogP contribution in [0.5, 0.6) is 0 Å². The lowest BCUT2D eigenvalue weighted by Gasteiger charge is -2.26. The monoisotopic (exact) mass is 270 g/mol. The molecule has 0 amide bonds. The number of halogens is 1. The Kier molecular flexibility index (Phi) is 3.58. The highest BCUT2D eigenvalue weighted by molar-refractivity contribution is 5.35. The molecule has 3 rings (SSSR count). The van der Waals surface area contributed by atoms with Crippen molar-refractivity contribution < 1.29 is 9.50 Å². The van der Waals surface area contributed by atoms with E-state index in [-0.39, 0.29) is 5.82 Å². The van der Waals surface area contributed by atoms with Crippen LogP contribution in [0.4, 0.5) is 4.39 Å². The summed E-state index contributed by atoms with van der Waals surface area (Å²) in [5.74, 6) is 0.322. The van der Waals surface area contributed by atoms with Gasteiger partial charge in [-0.25, -0.2) is 4.39 Å². The molecule has 20 heavy (non-hydrogen) atoms. The summed E-state index contributed by atoms with van der Waals surface area (Å²) >= 11 is 0. The molecular weight excluding hydrogens is 251 g/mol. The van der Waals surface area contributed by atoms with E-state index >= 15 is 0 Å². The first-order chi connectivity index (χ1) is 9.65. The zero-order valence-corrected chi connectivity index (χ0v) is 11.6. The van der Waals surface area contributed by atoms with Gasteiger partial charge in [-0.2, -0.15) is 0 Å². The average molecular weight is 270 g/mol. The summed E-state index contributed by atoms with van der Waals surface area (Å²) in [5.41, 5.74) is 3.38. The van der Waals surface area contributed by atoms with Gasteiger partial charge >= 0.3 is 0 Å². The van der Waals surface area contributed by atoms with E-state index in [4.69, 9.17) is 0 Å². The molecule has 2 aromatic carbocycles. The fraction of sp³-hybridized carbons (Fsp3) is 0.333. The van der Waals surface area contributed by atoms with Crippen molar-refractivity contribution in [2.24, 2.45) is 0 Å². The predicted octanol–water partition coefficient (Wildman–Crippen LogP) is 4.48. The Morgan fingerprint density at radius 1 is 1.10 bits per heavy atom. The summed E-state index contributed by atoms with van der Waals surface area (Å²) in [6, 6.07) is 12.8. The molecule has 0 heterocycles. The quantitative estimate of drug-likeness (QED) is 0.871. The molecule has 0 spiro atoms. The first-order valence-corrected chi connectivity index (χ1v) is 7.19. The van der Waals surface area contributed by atoms with Crippen LogP contribution in [-0.4, -0.2) is 5.11 Å². The number of rotatable bonds is 3. The van der Waals surface area contributed by atoms with E-state index in [0.717, 1.165) is 11.1 Å². The van der Waals surface area contributed by atoms with Crippen LogP contribution >= 0.6 is 0 Å². The van der Waals surface area contributed by atoms with Gasteiger partial charge in [0.15, 0.2) is 0 Å². The summed E-state index contributed by atoms with van der Waals surface area (Å²) in [6.07, 6.45) is 2.93. The zero-order chi connectivity index (χ0) is 14.1. The Bertz CT molecular complexity index is 599. The van der Waals surface area contributed by atoms with Crippen molar-refractivity contribution in [3.8, 4) is 0 Å². The summed E-state index contributed by atoms with van der Waals surface area (Å²) in [5, 5.41) is 10.4. The molecule has 1 aliphatic carbocycles. The van der Waals surface area contributed by atoms with E-state index in [1.807, 2.05) is 19.1 Å². The fourth-order valence-electron chi connectivity index (χ4n) is 2.74. The lowest BCUT2D eigenvalue weighted by atomic mass is 9.80. The van der Waals surface area contributed by atoms with Crippen LogP contribution in [0.15, 0.2) is 42.5 Å². The van der Waals surface area contributed by atoms with Crippen LogP contribution in [-0.2, 0) is 0 Å². The second kappa shape index (κ2) is 5.37. The van der Waals surface area contributed by atoms with Crippen molar-refractivity contribution in [3.05, 3.63) is 70.5 Å². The van der Waals surface area contributed by atoms with Gasteiger partial charge in [0.2, 0.25) is 0 Å². The van der Waals surface area contributed by atoms with E-state index < -0.39 is 6.10 Å². The Balaban J connectivity index is 1.85. The van der Waals surface area contributed by atoms with Crippen molar-refractivity contribution in [2.75, 3.05) is 0 Å². The number of hydrogen-bond donors (Lipinski definition) is 1. The van der Waals surface area contributed by atoms with E-state index in [0.29, 0.717) is 11.5 Å². The van der Waals surface area contributed by atoms with Crippen molar-refractivity contribution >= 4 is 0 Å². The smallest absolute Gasteiger partial charge is 0.129 e. The van der Waals surface area contributed by atoms with Crippen molar-refractivity contribution in [3.63, 3.8) is 0 Å². The van der Waals surface area contributed by atoms with Gasteiger partial charge in [-0.1, -0.05) is 48.4 Å². The first kappa shape index (κ1) is 13.3. The Morgan fingerprint density at radius 3 is 2.40 bits per heavy atom. The number of aryl methyl sites for hydroxylation is 1. The maximum absolute atomic E-state index is 13.8. The van der Waals surface area contributed by atoms with E-state index in [2.05, 4.69) is 12.1 Å². The van der Waals surface area contributed by atoms with Crippen LogP contribution in [0.1, 0.15) is 53.5 Å². The van der Waals surface area contributed by atoms with Crippen LogP contribution in [0.25, 0.3) is 0 Å². The van der Waals surface area contributed by atoms with Crippen molar-refractivity contribution in [1.82, 2.24) is 0 Å². The minimum Gasteiger partial charge on any atom is -0.384 e. The van der Waals surface area contributed by atoms with Gasteiger partial charge < -0.3 is 5.11 Å². The number of aliphatic hydroxyl groups excluding tert-OH is 1. The first-order valence-electron chi connectivity index (χ1n) is 7.19. The van der Waals surface area contributed by atoms with Gasteiger partial charge in [-0.05, 0) is 42.9 Å². The summed E-state index contributed by atoms with van der Waals surface area (Å²) < 4.78 is 13.8. The SMILES string of the molecule is Cc1ccc(F)c(C(O)c2ccc(C3CCC3)cc2)c1. The standard InChI is InChI=1S/C18H19FO/c1-12-5-10-17(19)16(11-12)18(20)15-8-6-14(7-9-15)13-3-2-4-13/h5-11,13,18,20H,2-4H2,1H3. The van der Waals surface area contributed by atoms with Crippen LogP contribution in [0.3, 0.4) is 0 Å². The summed E-state index contributed by atoms with van der Waals surface area (Å²) in [6.45, 7) is 1.90. The lowest BCUT2D eigenvalue weighted by Crippen LogP contribution is -2.09. The number of hydrogen-bond acceptors (Lipinski definition) is 1. The number of aliphatic hydroxyl groups is 1. The molecule has 104 valence electrons. The maximum Gasteiger partial charge on any atom is 0.129 e. The fourth-order valence-corrected chi connectivity index (χ4v) is 2.74. The van der Waals surface area contributed by atoms with E-state index in [1.165, 1.54) is 30.9 Å². The molecule has 0 radical (unpaired) electrons. The van der Waals surface area contributed by atoms with Crippen LogP contribution < -0.4 is 0 Å². The van der Waals surface area contributed by atoms with Crippen molar-refractivity contribution in [1.29, 1.82) is 0 Å². The molecule has 1 nitrogen and oxygen atoms in total. The van der Waals surface area contributed by atoms with Gasteiger partial charge in [0.25, 0.3) is 0 Å². The third-order valence-electron chi connectivity index (χ3n) is 4.27. The normalized spacial score (nSPS) is 16.8. The topological polar surface area (TPSA) is 20.2 Å². The Hall–Kier alpha value is -1.67. The summed E-state index contributed by atoms with van der Waals surface area (Å²) in [7, 11) is 0. The van der Waals surface area contributed by atoms with Gasteiger partial charge in [-0.3, -0.25) is 0 Å². The molecule has 0 aliphatic heterocycles. The molecular formula is C18H19FO. The highest BCUT2D eigenvalue weighted by atomic mass is 19.1. The molecule has 0 saturated heterocycles. The largest absolute Gasteiger partial charge is 0.384 e. The van der Waals surface area contributed by atoms with Gasteiger partial charge in [-0.15, -0.1) is 0 Å². The molecule has 2 heteroatoms. The molecule has 0 aromatic heterocycles. The lowest BCUT2D eigenvalue weighted by molar-refractivity contribution is 0.215. The maximum atomic E-state index is 13.8. The minimum absolute atomic E-state index is 0.349. The Labute approximate surface area is 119 Å². The average Bonchev–Trinajstić information content (AvgIpc) is 2.40. The molecule has 1 fully saturated rings.